The standard InChI is InChI=1S/C24H27NO7/c1-13(26)31-19-7-6-15-10-18-21-16(8-9-25(18)12-17(15)22(19)29-4)11-20(28-3)23(30-5)24(21)32-14(2)27/h6-7,11,18H,8-10,12H2,1-5H3/t18-/m0/s1. The first-order valence-electron chi connectivity index (χ1n) is 10.4. The lowest BCUT2D eigenvalue weighted by Gasteiger charge is -2.42. The predicted molar refractivity (Wildman–Crippen MR) is 116 cm³/mol. The zero-order chi connectivity index (χ0) is 23.0. The highest BCUT2D eigenvalue weighted by atomic mass is 16.6. The molecule has 0 aromatic heterocycles. The number of esters is 2. The number of hydrogen-bond donors (Lipinski definition) is 0. The molecule has 2 aliphatic rings. The van der Waals surface area contributed by atoms with Crippen LogP contribution in [0.4, 0.5) is 0 Å². The van der Waals surface area contributed by atoms with Gasteiger partial charge in [-0.15, -0.1) is 0 Å². The number of hydrogen-bond acceptors (Lipinski definition) is 8. The van der Waals surface area contributed by atoms with Gasteiger partial charge in [-0.3, -0.25) is 14.5 Å². The van der Waals surface area contributed by atoms with E-state index >= 15 is 0 Å². The van der Waals surface area contributed by atoms with Crippen molar-refractivity contribution in [3.63, 3.8) is 0 Å². The average Bonchev–Trinajstić information content (AvgIpc) is 2.76. The first-order chi connectivity index (χ1) is 15.4. The van der Waals surface area contributed by atoms with Crippen molar-refractivity contribution in [3.05, 3.63) is 40.5 Å². The van der Waals surface area contributed by atoms with E-state index in [1.54, 1.807) is 20.3 Å². The number of benzene rings is 2. The van der Waals surface area contributed by atoms with E-state index in [-0.39, 0.29) is 6.04 Å². The van der Waals surface area contributed by atoms with E-state index in [2.05, 4.69) is 4.90 Å². The Morgan fingerprint density at radius 3 is 2.22 bits per heavy atom. The van der Waals surface area contributed by atoms with Gasteiger partial charge in [0.05, 0.1) is 21.3 Å². The summed E-state index contributed by atoms with van der Waals surface area (Å²) in [5, 5.41) is 0. The highest BCUT2D eigenvalue weighted by molar-refractivity contribution is 5.74. The Labute approximate surface area is 187 Å². The van der Waals surface area contributed by atoms with Crippen LogP contribution in [0.1, 0.15) is 42.1 Å². The fourth-order valence-corrected chi connectivity index (χ4v) is 4.75. The monoisotopic (exact) mass is 441 g/mol. The molecule has 4 rings (SSSR count). The molecule has 0 saturated carbocycles. The fraction of sp³-hybridized carbons (Fsp3) is 0.417. The summed E-state index contributed by atoms with van der Waals surface area (Å²) < 4.78 is 27.7. The van der Waals surface area contributed by atoms with Crippen LogP contribution in [-0.2, 0) is 29.0 Å². The molecule has 0 radical (unpaired) electrons. The number of nitrogens with zero attached hydrogens (tertiary/aromatic N) is 1. The zero-order valence-electron chi connectivity index (χ0n) is 18.9. The quantitative estimate of drug-likeness (QED) is 0.517. The summed E-state index contributed by atoms with van der Waals surface area (Å²) in [7, 11) is 4.69. The molecule has 0 fully saturated rings. The molecule has 32 heavy (non-hydrogen) atoms. The van der Waals surface area contributed by atoms with Crippen LogP contribution in [0, 0.1) is 0 Å². The van der Waals surface area contributed by atoms with E-state index < -0.39 is 11.9 Å². The lowest BCUT2D eigenvalue weighted by atomic mass is 9.83. The normalized spacial score (nSPS) is 16.8. The maximum Gasteiger partial charge on any atom is 0.308 e. The molecule has 0 spiro atoms. The molecule has 2 aliphatic heterocycles. The average molecular weight is 441 g/mol. The van der Waals surface area contributed by atoms with E-state index in [9.17, 15) is 9.59 Å². The van der Waals surface area contributed by atoms with Crippen LogP contribution in [0.25, 0.3) is 0 Å². The maximum absolute atomic E-state index is 11.9. The summed E-state index contributed by atoms with van der Waals surface area (Å²) in [6, 6.07) is 5.69. The van der Waals surface area contributed by atoms with Crippen molar-refractivity contribution in [2.75, 3.05) is 27.9 Å². The summed E-state index contributed by atoms with van der Waals surface area (Å²) in [6.07, 6.45) is 1.45. The Morgan fingerprint density at radius 2 is 1.59 bits per heavy atom. The van der Waals surface area contributed by atoms with Crippen LogP contribution >= 0.6 is 0 Å². The van der Waals surface area contributed by atoms with Crippen molar-refractivity contribution in [3.8, 4) is 28.7 Å². The Hall–Kier alpha value is -3.26. The minimum absolute atomic E-state index is 0.00955. The van der Waals surface area contributed by atoms with Crippen molar-refractivity contribution in [2.24, 2.45) is 0 Å². The number of methoxy groups -OCH3 is 3. The zero-order valence-corrected chi connectivity index (χ0v) is 18.9. The van der Waals surface area contributed by atoms with Crippen molar-refractivity contribution in [1.82, 2.24) is 4.90 Å². The largest absolute Gasteiger partial charge is 0.493 e. The molecule has 1 atom stereocenters. The van der Waals surface area contributed by atoms with Crippen LogP contribution in [0.5, 0.6) is 28.7 Å². The molecular formula is C24H27NO7. The predicted octanol–water partition coefficient (Wildman–Crippen LogP) is 3.22. The number of rotatable bonds is 5. The third-order valence-electron chi connectivity index (χ3n) is 5.99. The number of carbonyl (C=O) groups is 2. The first-order valence-corrected chi connectivity index (χ1v) is 10.4. The fourth-order valence-electron chi connectivity index (χ4n) is 4.75. The molecule has 0 saturated heterocycles. The molecule has 170 valence electrons. The summed E-state index contributed by atoms with van der Waals surface area (Å²) in [4.78, 5) is 25.8. The van der Waals surface area contributed by atoms with Gasteiger partial charge in [0.1, 0.15) is 0 Å². The van der Waals surface area contributed by atoms with Crippen molar-refractivity contribution in [2.45, 2.75) is 39.3 Å². The number of ether oxygens (including phenoxy) is 5. The van der Waals surface area contributed by atoms with Crippen molar-refractivity contribution in [1.29, 1.82) is 0 Å². The van der Waals surface area contributed by atoms with Gasteiger partial charge in [-0.1, -0.05) is 6.07 Å². The molecule has 0 amide bonds. The van der Waals surface area contributed by atoms with Crippen LogP contribution < -0.4 is 23.7 Å². The van der Waals surface area contributed by atoms with Gasteiger partial charge in [0.2, 0.25) is 5.75 Å². The van der Waals surface area contributed by atoms with Crippen LogP contribution in [-0.4, -0.2) is 44.7 Å². The van der Waals surface area contributed by atoms with Crippen LogP contribution in [0.2, 0.25) is 0 Å². The van der Waals surface area contributed by atoms with Gasteiger partial charge in [-0.25, -0.2) is 0 Å². The molecule has 0 N–H and O–H groups in total. The van der Waals surface area contributed by atoms with E-state index in [1.165, 1.54) is 21.0 Å². The highest BCUT2D eigenvalue weighted by Gasteiger charge is 2.38. The third kappa shape index (κ3) is 3.75. The van der Waals surface area contributed by atoms with Crippen LogP contribution in [0.3, 0.4) is 0 Å². The molecule has 8 heteroatoms. The molecule has 0 unspecified atom stereocenters. The molecule has 0 aliphatic carbocycles. The second-order valence-electron chi connectivity index (χ2n) is 7.88. The van der Waals surface area contributed by atoms with E-state index in [4.69, 9.17) is 23.7 Å². The van der Waals surface area contributed by atoms with E-state index in [0.717, 1.165) is 35.2 Å². The van der Waals surface area contributed by atoms with Gasteiger partial charge in [0.15, 0.2) is 23.0 Å². The van der Waals surface area contributed by atoms with Gasteiger partial charge >= 0.3 is 11.9 Å². The highest BCUT2D eigenvalue weighted by Crippen LogP contribution is 2.51. The Bertz CT molecular complexity index is 1080. The summed E-state index contributed by atoms with van der Waals surface area (Å²) in [5.74, 6) is 1.56. The smallest absolute Gasteiger partial charge is 0.308 e. The Kier molecular flexibility index (Phi) is 5.97. The Morgan fingerprint density at radius 1 is 0.875 bits per heavy atom. The number of fused-ring (bicyclic) bond motifs is 4. The van der Waals surface area contributed by atoms with Crippen molar-refractivity contribution >= 4 is 11.9 Å². The van der Waals surface area contributed by atoms with Gasteiger partial charge in [0.25, 0.3) is 0 Å². The van der Waals surface area contributed by atoms with Gasteiger partial charge in [-0.2, -0.15) is 0 Å². The maximum atomic E-state index is 11.9. The Balaban J connectivity index is 1.83. The topological polar surface area (TPSA) is 83.5 Å². The minimum atomic E-state index is -0.417. The SMILES string of the molecule is COc1cc2c(c(OC(C)=O)c1OC)[C@@H]1Cc3ccc(OC(C)=O)c(OC)c3CN1CC2. The second kappa shape index (κ2) is 8.70. The van der Waals surface area contributed by atoms with Crippen molar-refractivity contribution < 1.29 is 33.3 Å². The lowest BCUT2D eigenvalue weighted by Crippen LogP contribution is -2.40. The van der Waals surface area contributed by atoms with Gasteiger partial charge in [-0.05, 0) is 36.1 Å². The summed E-state index contributed by atoms with van der Waals surface area (Å²) in [5.41, 5.74) is 4.11. The van der Waals surface area contributed by atoms with Gasteiger partial charge < -0.3 is 23.7 Å². The molecule has 2 aromatic rings. The second-order valence-corrected chi connectivity index (χ2v) is 7.88. The summed E-state index contributed by atoms with van der Waals surface area (Å²) >= 11 is 0. The first kappa shape index (κ1) is 22.0. The van der Waals surface area contributed by atoms with E-state index in [1.807, 2.05) is 12.1 Å². The molecule has 8 nitrogen and oxygen atoms in total. The lowest BCUT2D eigenvalue weighted by molar-refractivity contribution is -0.133. The number of carbonyl (C=O) groups excluding carboxylic acids is 2. The minimum Gasteiger partial charge on any atom is -0.493 e. The van der Waals surface area contributed by atoms with E-state index in [0.29, 0.717) is 41.7 Å². The van der Waals surface area contributed by atoms with Gasteiger partial charge in [0, 0.05) is 44.1 Å². The molecule has 2 aromatic carbocycles. The molecule has 0 bridgehead atoms. The third-order valence-corrected chi connectivity index (χ3v) is 5.99. The van der Waals surface area contributed by atoms with Crippen LogP contribution in [0.15, 0.2) is 18.2 Å². The molecular weight excluding hydrogens is 414 g/mol. The molecule has 2 heterocycles. The summed E-state index contributed by atoms with van der Waals surface area (Å²) in [6.45, 7) is 4.18.